The molecule has 0 spiro atoms. The Morgan fingerprint density at radius 1 is 1.42 bits per heavy atom. The standard InChI is InChI=1S/C13H18F2N2O2/c1-13(2,7-8-16)17-11(18)9-5-3-4-6-10(9)19-12(14)15/h3-6,12H,7-8,16H2,1-2H3,(H,17,18). The second kappa shape index (κ2) is 6.47. The molecule has 0 bridgehead atoms. The third-order valence-electron chi connectivity index (χ3n) is 2.57. The molecule has 0 fully saturated rings. The van der Waals surface area contributed by atoms with Crippen LogP contribution in [0.3, 0.4) is 0 Å². The molecule has 1 aromatic rings. The molecule has 1 rings (SSSR count). The number of benzene rings is 1. The van der Waals surface area contributed by atoms with E-state index in [1.807, 2.05) is 13.8 Å². The normalized spacial score (nSPS) is 11.5. The predicted molar refractivity (Wildman–Crippen MR) is 68.3 cm³/mol. The molecule has 4 nitrogen and oxygen atoms in total. The fraction of sp³-hybridized carbons (Fsp3) is 0.462. The highest BCUT2D eigenvalue weighted by Crippen LogP contribution is 2.21. The Kier molecular flexibility index (Phi) is 5.23. The molecule has 1 amide bonds. The molecule has 0 aliphatic carbocycles. The van der Waals surface area contributed by atoms with Gasteiger partial charge in [0, 0.05) is 5.54 Å². The Hall–Kier alpha value is -1.69. The summed E-state index contributed by atoms with van der Waals surface area (Å²) >= 11 is 0. The Morgan fingerprint density at radius 3 is 2.63 bits per heavy atom. The van der Waals surface area contributed by atoms with E-state index in [4.69, 9.17) is 5.73 Å². The van der Waals surface area contributed by atoms with Gasteiger partial charge in [-0.25, -0.2) is 0 Å². The van der Waals surface area contributed by atoms with Crippen molar-refractivity contribution in [2.24, 2.45) is 5.73 Å². The van der Waals surface area contributed by atoms with Gasteiger partial charge in [-0.15, -0.1) is 0 Å². The first-order valence-electron chi connectivity index (χ1n) is 5.92. The van der Waals surface area contributed by atoms with Gasteiger partial charge in [0.1, 0.15) is 5.75 Å². The maximum Gasteiger partial charge on any atom is 0.387 e. The fourth-order valence-electron chi connectivity index (χ4n) is 1.65. The maximum absolute atomic E-state index is 12.3. The van der Waals surface area contributed by atoms with Gasteiger partial charge < -0.3 is 15.8 Å². The van der Waals surface area contributed by atoms with Crippen LogP contribution in [0.1, 0.15) is 30.6 Å². The van der Waals surface area contributed by atoms with Crippen molar-refractivity contribution in [3.63, 3.8) is 0 Å². The third kappa shape index (κ3) is 4.82. The zero-order chi connectivity index (χ0) is 14.5. The Balaban J connectivity index is 2.87. The van der Waals surface area contributed by atoms with Crippen molar-refractivity contribution < 1.29 is 18.3 Å². The number of carbonyl (C=O) groups excluding carboxylic acids is 1. The number of hydrogen-bond donors (Lipinski definition) is 2. The van der Waals surface area contributed by atoms with E-state index >= 15 is 0 Å². The van der Waals surface area contributed by atoms with Gasteiger partial charge in [-0.05, 0) is 38.9 Å². The summed E-state index contributed by atoms with van der Waals surface area (Å²) in [6.45, 7) is 1.08. The quantitative estimate of drug-likeness (QED) is 0.834. The smallest absolute Gasteiger partial charge is 0.387 e. The molecule has 0 aliphatic heterocycles. The first-order valence-corrected chi connectivity index (χ1v) is 5.92. The van der Waals surface area contributed by atoms with Crippen LogP contribution >= 0.6 is 0 Å². The minimum absolute atomic E-state index is 0.0768. The molecule has 0 unspecified atom stereocenters. The molecule has 0 heterocycles. The molecule has 1 aromatic carbocycles. The average molecular weight is 272 g/mol. The van der Waals surface area contributed by atoms with Crippen LogP contribution in [0, 0.1) is 0 Å². The van der Waals surface area contributed by atoms with Gasteiger partial charge in [-0.2, -0.15) is 8.78 Å². The highest BCUT2D eigenvalue weighted by Gasteiger charge is 2.22. The molecule has 106 valence electrons. The van der Waals surface area contributed by atoms with Gasteiger partial charge in [0.15, 0.2) is 0 Å². The number of amides is 1. The van der Waals surface area contributed by atoms with Crippen LogP contribution in [-0.4, -0.2) is 24.6 Å². The minimum Gasteiger partial charge on any atom is -0.434 e. The number of alkyl halides is 2. The molecule has 0 atom stereocenters. The molecule has 0 aromatic heterocycles. The highest BCUT2D eigenvalue weighted by atomic mass is 19.3. The lowest BCUT2D eigenvalue weighted by Crippen LogP contribution is -2.44. The van der Waals surface area contributed by atoms with E-state index in [1.165, 1.54) is 18.2 Å². The molecule has 19 heavy (non-hydrogen) atoms. The Labute approximate surface area is 110 Å². The fourth-order valence-corrected chi connectivity index (χ4v) is 1.65. The van der Waals surface area contributed by atoms with Gasteiger partial charge in [0.05, 0.1) is 5.56 Å². The number of hydrogen-bond acceptors (Lipinski definition) is 3. The topological polar surface area (TPSA) is 64.3 Å². The molecule has 0 saturated heterocycles. The summed E-state index contributed by atoms with van der Waals surface area (Å²) in [5.74, 6) is -0.603. The zero-order valence-electron chi connectivity index (χ0n) is 11.0. The first kappa shape index (κ1) is 15.4. The summed E-state index contributed by atoms with van der Waals surface area (Å²) in [6.07, 6.45) is 0.580. The van der Waals surface area contributed by atoms with Gasteiger partial charge in [0.25, 0.3) is 5.91 Å². The lowest BCUT2D eigenvalue weighted by molar-refractivity contribution is -0.0501. The maximum atomic E-state index is 12.3. The van der Waals surface area contributed by atoms with Crippen molar-refractivity contribution in [3.8, 4) is 5.75 Å². The number of carbonyl (C=O) groups is 1. The van der Waals surface area contributed by atoms with Crippen molar-refractivity contribution in [2.45, 2.75) is 32.4 Å². The molecule has 0 radical (unpaired) electrons. The van der Waals surface area contributed by atoms with Crippen LogP contribution in [-0.2, 0) is 0 Å². The summed E-state index contributed by atoms with van der Waals surface area (Å²) in [6, 6.07) is 5.88. The molecule has 6 heteroatoms. The van der Waals surface area contributed by atoms with Crippen LogP contribution in [0.25, 0.3) is 0 Å². The number of nitrogens with one attached hydrogen (secondary N) is 1. The monoisotopic (exact) mass is 272 g/mol. The van der Waals surface area contributed by atoms with Gasteiger partial charge in [0.2, 0.25) is 0 Å². The van der Waals surface area contributed by atoms with Gasteiger partial charge in [-0.3, -0.25) is 4.79 Å². The SMILES string of the molecule is CC(C)(CCN)NC(=O)c1ccccc1OC(F)F. The van der Waals surface area contributed by atoms with Gasteiger partial charge >= 0.3 is 6.61 Å². The number of rotatable bonds is 6. The predicted octanol–water partition coefficient (Wildman–Crippen LogP) is 2.15. The Bertz CT molecular complexity index is 436. The second-order valence-electron chi connectivity index (χ2n) is 4.75. The average Bonchev–Trinajstić information content (AvgIpc) is 2.27. The van der Waals surface area contributed by atoms with E-state index < -0.39 is 18.1 Å². The molecular weight excluding hydrogens is 254 g/mol. The molecular formula is C13H18F2N2O2. The Morgan fingerprint density at radius 2 is 2.05 bits per heavy atom. The lowest BCUT2D eigenvalue weighted by Gasteiger charge is -2.26. The van der Waals surface area contributed by atoms with Crippen LogP contribution in [0.2, 0.25) is 0 Å². The van der Waals surface area contributed by atoms with E-state index in [0.29, 0.717) is 13.0 Å². The summed E-state index contributed by atoms with van der Waals surface area (Å²) in [5.41, 5.74) is 5.02. The van der Waals surface area contributed by atoms with Crippen LogP contribution in [0.15, 0.2) is 24.3 Å². The minimum atomic E-state index is -2.97. The number of halogens is 2. The number of ether oxygens (including phenoxy) is 1. The van der Waals surface area contributed by atoms with E-state index in [0.717, 1.165) is 0 Å². The van der Waals surface area contributed by atoms with Crippen molar-refractivity contribution >= 4 is 5.91 Å². The third-order valence-corrected chi connectivity index (χ3v) is 2.57. The van der Waals surface area contributed by atoms with Crippen LogP contribution < -0.4 is 15.8 Å². The van der Waals surface area contributed by atoms with Crippen molar-refractivity contribution in [2.75, 3.05) is 6.54 Å². The number of para-hydroxylation sites is 1. The number of nitrogens with two attached hydrogens (primary N) is 1. The van der Waals surface area contributed by atoms with Gasteiger partial charge in [-0.1, -0.05) is 12.1 Å². The van der Waals surface area contributed by atoms with Crippen molar-refractivity contribution in [3.05, 3.63) is 29.8 Å². The zero-order valence-corrected chi connectivity index (χ0v) is 11.0. The summed E-state index contributed by atoms with van der Waals surface area (Å²) in [7, 11) is 0. The highest BCUT2D eigenvalue weighted by molar-refractivity contribution is 5.97. The second-order valence-corrected chi connectivity index (χ2v) is 4.75. The van der Waals surface area contributed by atoms with Crippen LogP contribution in [0.4, 0.5) is 8.78 Å². The van der Waals surface area contributed by atoms with E-state index in [9.17, 15) is 13.6 Å². The molecule has 0 aliphatic rings. The van der Waals surface area contributed by atoms with E-state index in [1.54, 1.807) is 6.07 Å². The summed E-state index contributed by atoms with van der Waals surface area (Å²) in [5, 5.41) is 2.74. The molecule has 3 N–H and O–H groups in total. The largest absolute Gasteiger partial charge is 0.434 e. The van der Waals surface area contributed by atoms with Crippen molar-refractivity contribution in [1.29, 1.82) is 0 Å². The summed E-state index contributed by atoms with van der Waals surface area (Å²) < 4.78 is 28.8. The van der Waals surface area contributed by atoms with E-state index in [2.05, 4.69) is 10.1 Å². The molecule has 0 saturated carbocycles. The van der Waals surface area contributed by atoms with Crippen LogP contribution in [0.5, 0.6) is 5.75 Å². The van der Waals surface area contributed by atoms with Crippen molar-refractivity contribution in [1.82, 2.24) is 5.32 Å². The lowest BCUT2D eigenvalue weighted by atomic mass is 10.00. The summed E-state index contributed by atoms with van der Waals surface area (Å²) in [4.78, 5) is 12.1. The van der Waals surface area contributed by atoms with E-state index in [-0.39, 0.29) is 11.3 Å². The first-order chi connectivity index (χ1) is 8.85.